The minimum Gasteiger partial charge on any atom is -0.504 e. The fraction of sp³-hybridized carbons (Fsp3) is 0.727. The quantitative estimate of drug-likeness (QED) is 0.872. The molecular weight excluding hydrogens is 326 g/mol. The van der Waals surface area contributed by atoms with Gasteiger partial charge in [-0.25, -0.2) is 0 Å². The molecule has 26 heavy (non-hydrogen) atoms. The molecule has 2 heterocycles. The molecule has 2 N–H and O–H groups in total. The van der Waals surface area contributed by atoms with Crippen molar-refractivity contribution in [3.8, 4) is 11.5 Å². The van der Waals surface area contributed by atoms with Gasteiger partial charge in [0.1, 0.15) is 6.10 Å². The molecular formula is C22H29NO3. The first-order chi connectivity index (χ1) is 12.6. The van der Waals surface area contributed by atoms with Gasteiger partial charge in [0, 0.05) is 30.6 Å². The van der Waals surface area contributed by atoms with Gasteiger partial charge in [-0.2, -0.15) is 0 Å². The molecule has 1 aromatic rings. The van der Waals surface area contributed by atoms with E-state index < -0.39 is 5.60 Å². The standard InChI is InChI=1S/C22H29NO3/c1-2-4-18-21-10-15-12-23(11-13-5-3-6-13)17(22(15,21)25)9-14-7-8-16(24)20(26-18)19(14)21/h7-8,13,15,17-18,24-25H,2-6,9-12H2,1H3/t15?,17-,18+,21-,22-/m1/s1. The summed E-state index contributed by atoms with van der Waals surface area (Å²) < 4.78 is 6.34. The SMILES string of the molecule is CCC[C@@H]1Oc2c(O)ccc3c2[C@@]12CC1CN(CC4CCC4)[C@H](C3)[C@]12O. The van der Waals surface area contributed by atoms with Crippen LogP contribution in [0.15, 0.2) is 12.1 Å². The molecule has 1 saturated heterocycles. The van der Waals surface area contributed by atoms with Crippen molar-refractivity contribution in [1.29, 1.82) is 0 Å². The third-order valence-corrected chi connectivity index (χ3v) is 8.47. The third-order valence-electron chi connectivity index (χ3n) is 8.47. The summed E-state index contributed by atoms with van der Waals surface area (Å²) >= 11 is 0. The van der Waals surface area contributed by atoms with Crippen molar-refractivity contribution < 1.29 is 14.9 Å². The first kappa shape index (κ1) is 15.8. The molecule has 3 fully saturated rings. The number of benzene rings is 1. The van der Waals surface area contributed by atoms with E-state index in [2.05, 4.69) is 17.9 Å². The second kappa shape index (κ2) is 4.96. The fourth-order valence-corrected chi connectivity index (χ4v) is 7.16. The maximum Gasteiger partial charge on any atom is 0.165 e. The first-order valence-corrected chi connectivity index (χ1v) is 10.6. The van der Waals surface area contributed by atoms with E-state index >= 15 is 0 Å². The van der Waals surface area contributed by atoms with Gasteiger partial charge in [0.15, 0.2) is 11.5 Å². The maximum absolute atomic E-state index is 12.1. The molecule has 0 amide bonds. The number of aromatic hydroxyl groups is 1. The minimum absolute atomic E-state index is 0.00209. The second-order valence-corrected chi connectivity index (χ2v) is 9.51. The number of rotatable bonds is 4. The molecule has 5 atom stereocenters. The normalized spacial score (nSPS) is 42.6. The lowest BCUT2D eigenvalue weighted by Crippen LogP contribution is -2.75. The summed E-state index contributed by atoms with van der Waals surface area (Å²) in [6.07, 6.45) is 7.97. The number of phenols is 1. The Balaban J connectivity index is 1.47. The van der Waals surface area contributed by atoms with Crippen LogP contribution in [0, 0.1) is 11.8 Å². The zero-order valence-corrected chi connectivity index (χ0v) is 15.6. The van der Waals surface area contributed by atoms with Gasteiger partial charge in [0.2, 0.25) is 0 Å². The molecule has 0 radical (unpaired) electrons. The van der Waals surface area contributed by atoms with E-state index in [-0.39, 0.29) is 23.3 Å². The van der Waals surface area contributed by atoms with Crippen molar-refractivity contribution in [2.75, 3.05) is 13.1 Å². The summed E-state index contributed by atoms with van der Waals surface area (Å²) in [6, 6.07) is 4.09. The zero-order valence-electron chi connectivity index (χ0n) is 15.6. The molecule has 0 aromatic heterocycles. The molecule has 2 aliphatic heterocycles. The largest absolute Gasteiger partial charge is 0.504 e. The smallest absolute Gasteiger partial charge is 0.165 e. The van der Waals surface area contributed by atoms with E-state index in [4.69, 9.17) is 4.74 Å². The molecule has 4 heteroatoms. The van der Waals surface area contributed by atoms with Crippen molar-refractivity contribution in [1.82, 2.24) is 4.90 Å². The highest BCUT2D eigenvalue weighted by atomic mass is 16.5. The molecule has 1 aromatic carbocycles. The average molecular weight is 355 g/mol. The number of ether oxygens (including phenoxy) is 1. The van der Waals surface area contributed by atoms with Crippen molar-refractivity contribution in [3.05, 3.63) is 23.3 Å². The summed E-state index contributed by atoms with van der Waals surface area (Å²) in [4.78, 5) is 2.61. The van der Waals surface area contributed by atoms with Gasteiger partial charge in [-0.3, -0.25) is 4.90 Å². The van der Waals surface area contributed by atoms with E-state index in [1.54, 1.807) is 6.07 Å². The summed E-state index contributed by atoms with van der Waals surface area (Å²) in [5.74, 6) is 2.10. The Labute approximate surface area is 155 Å². The van der Waals surface area contributed by atoms with Crippen LogP contribution in [0.2, 0.25) is 0 Å². The predicted octanol–water partition coefficient (Wildman–Crippen LogP) is 2.98. The molecule has 4 nitrogen and oxygen atoms in total. The number of phenolic OH excluding ortho intramolecular Hbond substituents is 1. The Hall–Kier alpha value is -1.26. The van der Waals surface area contributed by atoms with Crippen molar-refractivity contribution in [2.45, 2.75) is 75.0 Å². The summed E-state index contributed by atoms with van der Waals surface area (Å²) in [5, 5.41) is 22.5. The van der Waals surface area contributed by atoms with E-state index in [0.717, 1.165) is 50.3 Å². The summed E-state index contributed by atoms with van der Waals surface area (Å²) in [5.41, 5.74) is 1.47. The Bertz CT molecular complexity index is 775. The average Bonchev–Trinajstić information content (AvgIpc) is 3.05. The lowest BCUT2D eigenvalue weighted by Gasteiger charge is -2.63. The molecule has 140 valence electrons. The van der Waals surface area contributed by atoms with Crippen LogP contribution in [0.4, 0.5) is 0 Å². The van der Waals surface area contributed by atoms with Crippen molar-refractivity contribution >= 4 is 0 Å². The molecule has 0 bridgehead atoms. The van der Waals surface area contributed by atoms with E-state index in [9.17, 15) is 10.2 Å². The number of aliphatic hydroxyl groups is 1. The topological polar surface area (TPSA) is 52.9 Å². The molecule has 5 aliphatic rings. The van der Waals surface area contributed by atoms with Gasteiger partial charge < -0.3 is 14.9 Å². The van der Waals surface area contributed by atoms with Crippen LogP contribution < -0.4 is 4.74 Å². The Morgan fingerprint density at radius 1 is 1.31 bits per heavy atom. The molecule has 3 aliphatic carbocycles. The van der Waals surface area contributed by atoms with Crippen LogP contribution in [0.25, 0.3) is 0 Å². The van der Waals surface area contributed by atoms with Crippen LogP contribution in [-0.4, -0.2) is 45.9 Å². The predicted molar refractivity (Wildman–Crippen MR) is 98.6 cm³/mol. The van der Waals surface area contributed by atoms with Gasteiger partial charge in [-0.15, -0.1) is 0 Å². The van der Waals surface area contributed by atoms with Crippen LogP contribution in [0.3, 0.4) is 0 Å². The van der Waals surface area contributed by atoms with Gasteiger partial charge in [0.05, 0.1) is 11.0 Å². The Morgan fingerprint density at radius 3 is 2.88 bits per heavy atom. The molecule has 1 spiro atoms. The van der Waals surface area contributed by atoms with E-state index in [0.29, 0.717) is 11.7 Å². The maximum atomic E-state index is 12.1. The summed E-state index contributed by atoms with van der Waals surface area (Å²) in [7, 11) is 0. The lowest BCUT2D eigenvalue weighted by atomic mass is 9.42. The van der Waals surface area contributed by atoms with Crippen LogP contribution >= 0.6 is 0 Å². The highest BCUT2D eigenvalue weighted by Crippen LogP contribution is 2.71. The van der Waals surface area contributed by atoms with Gasteiger partial charge in [-0.05, 0) is 49.7 Å². The van der Waals surface area contributed by atoms with Gasteiger partial charge >= 0.3 is 0 Å². The second-order valence-electron chi connectivity index (χ2n) is 9.51. The van der Waals surface area contributed by atoms with Gasteiger partial charge in [0.25, 0.3) is 0 Å². The lowest BCUT2D eigenvalue weighted by molar-refractivity contribution is -0.195. The van der Waals surface area contributed by atoms with Crippen LogP contribution in [0.1, 0.15) is 56.6 Å². The Morgan fingerprint density at radius 2 is 2.15 bits per heavy atom. The number of nitrogens with zero attached hydrogens (tertiary/aromatic N) is 1. The molecule has 2 saturated carbocycles. The number of likely N-dealkylation sites (tertiary alicyclic amines) is 1. The van der Waals surface area contributed by atoms with Gasteiger partial charge in [-0.1, -0.05) is 25.8 Å². The van der Waals surface area contributed by atoms with Crippen LogP contribution in [0.5, 0.6) is 11.5 Å². The van der Waals surface area contributed by atoms with E-state index in [1.165, 1.54) is 24.8 Å². The summed E-state index contributed by atoms with van der Waals surface area (Å²) in [6.45, 7) is 4.37. The number of hydrogen-bond donors (Lipinski definition) is 2. The molecule has 1 unspecified atom stereocenters. The Kier molecular flexibility index (Phi) is 3.01. The first-order valence-electron chi connectivity index (χ1n) is 10.6. The van der Waals surface area contributed by atoms with Crippen molar-refractivity contribution in [3.63, 3.8) is 0 Å². The van der Waals surface area contributed by atoms with Crippen LogP contribution in [-0.2, 0) is 11.8 Å². The third kappa shape index (κ3) is 1.57. The zero-order chi connectivity index (χ0) is 17.7. The minimum atomic E-state index is -0.678. The number of hydrogen-bond acceptors (Lipinski definition) is 4. The fourth-order valence-electron chi connectivity index (χ4n) is 7.16. The monoisotopic (exact) mass is 355 g/mol. The van der Waals surface area contributed by atoms with Crippen molar-refractivity contribution in [2.24, 2.45) is 11.8 Å². The highest BCUT2D eigenvalue weighted by Gasteiger charge is 2.79. The molecule has 6 rings (SSSR count). The van der Waals surface area contributed by atoms with E-state index in [1.807, 2.05) is 0 Å². The highest BCUT2D eigenvalue weighted by molar-refractivity contribution is 5.63.